The number of ether oxygens (including phenoxy) is 2. The van der Waals surface area contributed by atoms with Crippen LogP contribution in [0.5, 0.6) is 0 Å². The molecule has 3 saturated heterocycles. The highest BCUT2D eigenvalue weighted by atomic mass is 16.6. The minimum Gasteiger partial charge on any atom is -0.466 e. The van der Waals surface area contributed by atoms with Crippen LogP contribution in [0.4, 0.5) is 11.4 Å². The van der Waals surface area contributed by atoms with Crippen molar-refractivity contribution in [3.8, 4) is 0 Å². The van der Waals surface area contributed by atoms with E-state index in [1.54, 1.807) is 6.92 Å². The summed E-state index contributed by atoms with van der Waals surface area (Å²) in [4.78, 5) is 45.8. The molecule has 0 radical (unpaired) electrons. The molecule has 0 saturated carbocycles. The first-order valence-corrected chi connectivity index (χ1v) is 14.8. The lowest BCUT2D eigenvalue weighted by molar-refractivity contribution is -0.161. The first-order chi connectivity index (χ1) is 19.8. The van der Waals surface area contributed by atoms with E-state index >= 15 is 0 Å². The molecule has 41 heavy (non-hydrogen) atoms. The van der Waals surface area contributed by atoms with Gasteiger partial charge in [-0.15, -0.1) is 0 Å². The average molecular weight is 564 g/mol. The van der Waals surface area contributed by atoms with Crippen LogP contribution in [0, 0.1) is 11.8 Å². The number of benzene rings is 2. The fourth-order valence-electron chi connectivity index (χ4n) is 7.47. The number of rotatable bonds is 11. The summed E-state index contributed by atoms with van der Waals surface area (Å²) >= 11 is 0. The van der Waals surface area contributed by atoms with Crippen LogP contribution >= 0.6 is 0 Å². The second kappa shape index (κ2) is 11.4. The van der Waals surface area contributed by atoms with E-state index < -0.39 is 47.0 Å². The summed E-state index contributed by atoms with van der Waals surface area (Å²) < 4.78 is 12.2. The molecule has 9 heteroatoms. The molecule has 3 fully saturated rings. The summed E-state index contributed by atoms with van der Waals surface area (Å²) in [6.45, 7) is 9.40. The van der Waals surface area contributed by atoms with Crippen molar-refractivity contribution in [3.05, 3.63) is 60.2 Å². The van der Waals surface area contributed by atoms with E-state index in [-0.39, 0.29) is 19.1 Å². The van der Waals surface area contributed by atoms with Gasteiger partial charge in [-0.3, -0.25) is 14.4 Å². The van der Waals surface area contributed by atoms with E-state index in [2.05, 4.69) is 24.1 Å². The number of aliphatic hydroxyl groups excluding tert-OH is 1. The van der Waals surface area contributed by atoms with Crippen molar-refractivity contribution in [2.75, 3.05) is 36.5 Å². The van der Waals surface area contributed by atoms with Gasteiger partial charge in [-0.25, -0.2) is 0 Å². The smallest absolute Gasteiger partial charge is 0.312 e. The summed E-state index contributed by atoms with van der Waals surface area (Å²) in [5.41, 5.74) is 0.266. The van der Waals surface area contributed by atoms with Gasteiger partial charge in [0.15, 0.2) is 0 Å². The highest BCUT2D eigenvalue weighted by molar-refractivity contribution is 6.03. The maximum atomic E-state index is 14.4. The number of nitrogens with one attached hydrogen (secondary N) is 1. The molecule has 2 aromatic rings. The molecule has 2 aromatic carbocycles. The maximum absolute atomic E-state index is 14.4. The predicted octanol–water partition coefficient (Wildman–Crippen LogP) is 3.92. The molecule has 6 atom stereocenters. The fraction of sp³-hybridized carbons (Fsp3) is 0.531. The third-order valence-electron chi connectivity index (χ3n) is 9.36. The molecule has 2 amide bonds. The number of likely N-dealkylation sites (tertiary alicyclic amines) is 1. The quantitative estimate of drug-likeness (QED) is 0.399. The van der Waals surface area contributed by atoms with Crippen LogP contribution in [0.1, 0.15) is 58.6 Å². The van der Waals surface area contributed by atoms with Crippen LogP contribution in [-0.4, -0.2) is 71.3 Å². The zero-order valence-electron chi connectivity index (χ0n) is 24.3. The van der Waals surface area contributed by atoms with Crippen molar-refractivity contribution in [2.24, 2.45) is 11.8 Å². The number of amides is 2. The van der Waals surface area contributed by atoms with Crippen LogP contribution in [0.25, 0.3) is 0 Å². The van der Waals surface area contributed by atoms with E-state index in [0.29, 0.717) is 30.5 Å². The molecule has 3 aliphatic rings. The summed E-state index contributed by atoms with van der Waals surface area (Å²) in [5, 5.41) is 13.6. The maximum Gasteiger partial charge on any atom is 0.312 e. The molecule has 220 valence electrons. The van der Waals surface area contributed by atoms with E-state index in [0.717, 1.165) is 18.8 Å². The second-order valence-electron chi connectivity index (χ2n) is 11.1. The van der Waals surface area contributed by atoms with Gasteiger partial charge in [0.25, 0.3) is 0 Å². The summed E-state index contributed by atoms with van der Waals surface area (Å²) in [5.74, 6) is -2.94. The van der Waals surface area contributed by atoms with Crippen LogP contribution in [0.15, 0.2) is 54.6 Å². The second-order valence-corrected chi connectivity index (χ2v) is 11.1. The van der Waals surface area contributed by atoms with Crippen LogP contribution in [0.2, 0.25) is 0 Å². The minimum atomic E-state index is -1.21. The van der Waals surface area contributed by atoms with E-state index in [9.17, 15) is 19.5 Å². The third-order valence-corrected chi connectivity index (χ3v) is 9.36. The highest BCUT2D eigenvalue weighted by Crippen LogP contribution is 2.65. The Morgan fingerprint density at radius 3 is 2.34 bits per heavy atom. The third kappa shape index (κ3) is 4.59. The molecule has 3 heterocycles. The molecule has 3 aliphatic heterocycles. The van der Waals surface area contributed by atoms with Crippen molar-refractivity contribution >= 4 is 29.2 Å². The van der Waals surface area contributed by atoms with Crippen molar-refractivity contribution in [2.45, 2.75) is 70.2 Å². The first-order valence-electron chi connectivity index (χ1n) is 14.8. The van der Waals surface area contributed by atoms with E-state index in [1.807, 2.05) is 61.5 Å². The Hall–Kier alpha value is -3.43. The van der Waals surface area contributed by atoms with Gasteiger partial charge >= 0.3 is 5.97 Å². The zero-order valence-corrected chi connectivity index (χ0v) is 24.3. The lowest BCUT2D eigenvalue weighted by Crippen LogP contribution is -2.54. The monoisotopic (exact) mass is 563 g/mol. The van der Waals surface area contributed by atoms with Gasteiger partial charge in [-0.1, -0.05) is 37.3 Å². The highest BCUT2D eigenvalue weighted by Gasteiger charge is 2.79. The summed E-state index contributed by atoms with van der Waals surface area (Å²) in [6, 6.07) is 15.0. The molecule has 5 rings (SSSR count). The van der Waals surface area contributed by atoms with Crippen LogP contribution < -0.4 is 10.2 Å². The zero-order chi connectivity index (χ0) is 29.4. The SMILES string of the molecule is CCOC(=O)[C@@H]1[C@H]2C(=O)N([C@H](CO)c3ccccc3)C(C(=O)Nc3ccc(N(CC)CC)cc3)C23CC[C@@]1(CC)O3. The standard InChI is InChI=1S/C32H41N3O6/c1-5-31-18-19-32(41-31)25(26(31)30(39)40-8-4)29(38)35(24(20-36)21-12-10-9-11-13-21)27(32)28(37)33-22-14-16-23(17-15-22)34(6-2)7-3/h9-17,24-27,36H,5-8,18-20H2,1-4H3,(H,33,37)/t24-,25+,26+,27?,31-,32?/m1/s1. The average Bonchev–Trinajstić information content (AvgIpc) is 3.59. The molecule has 0 aromatic heterocycles. The Morgan fingerprint density at radius 2 is 1.76 bits per heavy atom. The molecule has 0 aliphatic carbocycles. The normalized spacial score (nSPS) is 28.9. The summed E-state index contributed by atoms with van der Waals surface area (Å²) in [7, 11) is 0. The molecule has 2 N–H and O–H groups in total. The Labute approximate surface area is 241 Å². The molecular weight excluding hydrogens is 522 g/mol. The van der Waals surface area contributed by atoms with Crippen LogP contribution in [-0.2, 0) is 23.9 Å². The van der Waals surface area contributed by atoms with E-state index in [1.165, 1.54) is 4.90 Å². The van der Waals surface area contributed by atoms with Gasteiger partial charge in [0, 0.05) is 24.5 Å². The number of esters is 1. The molecular formula is C32H41N3O6. The molecule has 1 spiro atoms. The number of nitrogens with zero attached hydrogens (tertiary/aromatic N) is 2. The number of hydrogen-bond donors (Lipinski definition) is 2. The molecule has 2 bridgehead atoms. The number of carbonyl (C=O) groups excluding carboxylic acids is 3. The van der Waals surface area contributed by atoms with Gasteiger partial charge in [-0.05, 0) is 69.9 Å². The first kappa shape index (κ1) is 29.1. The van der Waals surface area contributed by atoms with Crippen molar-refractivity contribution < 1.29 is 29.0 Å². The lowest BCUT2D eigenvalue weighted by Gasteiger charge is -2.37. The number of fused-ring (bicyclic) bond motifs is 1. The Bertz CT molecular complexity index is 1270. The van der Waals surface area contributed by atoms with Gasteiger partial charge in [-0.2, -0.15) is 0 Å². The molecule has 2 unspecified atom stereocenters. The van der Waals surface area contributed by atoms with Crippen molar-refractivity contribution in [1.82, 2.24) is 4.90 Å². The topological polar surface area (TPSA) is 108 Å². The summed E-state index contributed by atoms with van der Waals surface area (Å²) in [6.07, 6.45) is 1.52. The number of aliphatic hydroxyl groups is 1. The van der Waals surface area contributed by atoms with Gasteiger partial charge in [0.05, 0.1) is 30.8 Å². The Morgan fingerprint density at radius 1 is 1.07 bits per heavy atom. The predicted molar refractivity (Wildman–Crippen MR) is 155 cm³/mol. The minimum absolute atomic E-state index is 0.184. The van der Waals surface area contributed by atoms with Crippen LogP contribution in [0.3, 0.4) is 0 Å². The van der Waals surface area contributed by atoms with Crippen molar-refractivity contribution in [3.63, 3.8) is 0 Å². The largest absolute Gasteiger partial charge is 0.466 e. The number of anilines is 2. The van der Waals surface area contributed by atoms with Crippen molar-refractivity contribution in [1.29, 1.82) is 0 Å². The van der Waals surface area contributed by atoms with E-state index in [4.69, 9.17) is 9.47 Å². The van der Waals surface area contributed by atoms with Gasteiger partial charge in [0.1, 0.15) is 17.6 Å². The lowest BCUT2D eigenvalue weighted by atomic mass is 9.65. The Kier molecular flexibility index (Phi) is 8.12. The Balaban J connectivity index is 1.56. The number of carbonyl (C=O) groups is 3. The van der Waals surface area contributed by atoms with Gasteiger partial charge in [0.2, 0.25) is 11.8 Å². The van der Waals surface area contributed by atoms with Gasteiger partial charge < -0.3 is 29.7 Å². The fourth-order valence-corrected chi connectivity index (χ4v) is 7.47. The number of hydrogen-bond acceptors (Lipinski definition) is 7. The molecule has 9 nitrogen and oxygen atoms in total.